The van der Waals surface area contributed by atoms with Crippen LogP contribution in [-0.4, -0.2) is 0 Å². The van der Waals surface area contributed by atoms with Crippen molar-refractivity contribution in [2.75, 3.05) is 0 Å². The van der Waals surface area contributed by atoms with E-state index < -0.39 is 0 Å². The monoisotopic (exact) mass is 176 g/mol. The van der Waals surface area contributed by atoms with Crippen LogP contribution in [0.2, 0.25) is 0 Å². The third-order valence-electron chi connectivity index (χ3n) is 1.29. The molecule has 0 aromatic rings. The summed E-state index contributed by atoms with van der Waals surface area (Å²) in [7, 11) is 0. The number of rotatable bonds is 5. The van der Waals surface area contributed by atoms with Gasteiger partial charge in [0, 0.05) is 0 Å². The topological polar surface area (TPSA) is 9.23 Å². The van der Waals surface area contributed by atoms with Crippen molar-refractivity contribution in [3.8, 4) is 0 Å². The lowest BCUT2D eigenvalue weighted by atomic mass is 10.4. The molecule has 0 aliphatic rings. The van der Waals surface area contributed by atoms with Crippen LogP contribution >= 0.6 is 0 Å². The first kappa shape index (κ1) is 11.5. The van der Waals surface area contributed by atoms with Gasteiger partial charge in [-0.05, 0) is 32.1 Å². The second-order valence-corrected chi connectivity index (χ2v) is 2.41. The summed E-state index contributed by atoms with van der Waals surface area (Å²) < 4.78 is 5.42. The Kier molecular flexibility index (Phi) is 6.34. The Morgan fingerprint density at radius 3 is 2.38 bits per heavy atom. The van der Waals surface area contributed by atoms with Gasteiger partial charge in [-0.25, -0.2) is 0 Å². The molecule has 1 nitrogen and oxygen atoms in total. The molecular formula is C12H16O. The molecular weight excluding hydrogens is 160 g/mol. The lowest BCUT2D eigenvalue weighted by molar-refractivity contribution is 0.323. The molecule has 0 amide bonds. The highest BCUT2D eigenvalue weighted by molar-refractivity contribution is 5.18. The maximum absolute atomic E-state index is 5.42. The van der Waals surface area contributed by atoms with Gasteiger partial charge in [0.1, 0.15) is 11.5 Å². The molecule has 1 heteroatoms. The third-order valence-corrected chi connectivity index (χ3v) is 1.29. The van der Waals surface area contributed by atoms with Gasteiger partial charge in [0.25, 0.3) is 0 Å². The lowest BCUT2D eigenvalue weighted by Gasteiger charge is -2.04. The maximum atomic E-state index is 5.42. The minimum atomic E-state index is 0.730. The molecule has 0 N–H and O–H groups in total. The molecule has 0 saturated carbocycles. The van der Waals surface area contributed by atoms with Crippen molar-refractivity contribution in [2.24, 2.45) is 0 Å². The summed E-state index contributed by atoms with van der Waals surface area (Å²) in [6.45, 7) is 11.0. The van der Waals surface area contributed by atoms with E-state index in [1.54, 1.807) is 18.2 Å². The molecule has 0 unspecified atom stereocenters. The molecule has 0 fully saturated rings. The van der Waals surface area contributed by atoms with Gasteiger partial charge in [-0.2, -0.15) is 0 Å². The quantitative estimate of drug-likeness (QED) is 0.458. The van der Waals surface area contributed by atoms with Crippen LogP contribution in [0.5, 0.6) is 0 Å². The summed E-state index contributed by atoms with van der Waals surface area (Å²) >= 11 is 0. The molecule has 0 heterocycles. The Morgan fingerprint density at radius 2 is 1.92 bits per heavy atom. The van der Waals surface area contributed by atoms with Crippen LogP contribution < -0.4 is 0 Å². The zero-order valence-electron chi connectivity index (χ0n) is 8.29. The van der Waals surface area contributed by atoms with Crippen molar-refractivity contribution < 1.29 is 4.74 Å². The summed E-state index contributed by atoms with van der Waals surface area (Å²) in [6.07, 6.45) is 10.8. The maximum Gasteiger partial charge on any atom is 0.126 e. The van der Waals surface area contributed by atoms with Crippen molar-refractivity contribution in [3.63, 3.8) is 0 Å². The predicted octanol–water partition coefficient (Wildman–Crippen LogP) is 3.74. The SMILES string of the molecule is C=C/C=C(\C)O/C(C=C)=C/C=C\C. The van der Waals surface area contributed by atoms with Gasteiger partial charge >= 0.3 is 0 Å². The molecule has 0 rings (SSSR count). The largest absolute Gasteiger partial charge is 0.462 e. The van der Waals surface area contributed by atoms with Crippen LogP contribution in [0, 0.1) is 0 Å². The summed E-state index contributed by atoms with van der Waals surface area (Å²) in [5.74, 6) is 1.53. The van der Waals surface area contributed by atoms with Crippen molar-refractivity contribution in [1.29, 1.82) is 0 Å². The predicted molar refractivity (Wildman–Crippen MR) is 58.1 cm³/mol. The number of ether oxygens (including phenoxy) is 1. The minimum absolute atomic E-state index is 0.730. The van der Waals surface area contributed by atoms with Crippen LogP contribution in [0.1, 0.15) is 13.8 Å². The van der Waals surface area contributed by atoms with Gasteiger partial charge in [-0.1, -0.05) is 31.4 Å². The molecule has 0 saturated heterocycles. The Bertz CT molecular complexity index is 254. The fraction of sp³-hybridized carbons (Fsp3) is 0.167. The lowest BCUT2D eigenvalue weighted by Crippen LogP contribution is -1.85. The standard InChI is InChI=1S/C12H16O/c1-5-8-10-12(7-3)13-11(4)9-6-2/h5-10H,2-3H2,1,4H3/b8-5-,11-9+,12-10+. The van der Waals surface area contributed by atoms with Gasteiger partial charge in [-0.3, -0.25) is 0 Å². The second-order valence-electron chi connectivity index (χ2n) is 2.41. The summed E-state index contributed by atoms with van der Waals surface area (Å²) in [4.78, 5) is 0. The zero-order chi connectivity index (χ0) is 10.1. The molecule has 0 radical (unpaired) electrons. The first-order valence-corrected chi connectivity index (χ1v) is 4.17. The smallest absolute Gasteiger partial charge is 0.126 e. The van der Waals surface area contributed by atoms with Crippen molar-refractivity contribution >= 4 is 0 Å². The number of allylic oxidation sites excluding steroid dienone is 7. The molecule has 0 aliphatic heterocycles. The Morgan fingerprint density at radius 1 is 1.23 bits per heavy atom. The van der Waals surface area contributed by atoms with Gasteiger partial charge in [-0.15, -0.1) is 0 Å². The van der Waals surface area contributed by atoms with Crippen LogP contribution in [0.3, 0.4) is 0 Å². The van der Waals surface area contributed by atoms with Crippen molar-refractivity contribution in [2.45, 2.75) is 13.8 Å². The van der Waals surface area contributed by atoms with E-state index in [0.717, 1.165) is 11.5 Å². The highest BCUT2D eigenvalue weighted by Crippen LogP contribution is 2.06. The number of hydrogen-bond acceptors (Lipinski definition) is 1. The average Bonchev–Trinajstić information content (AvgIpc) is 2.12. The third kappa shape index (κ3) is 5.74. The van der Waals surface area contributed by atoms with E-state index in [1.165, 1.54) is 0 Å². The van der Waals surface area contributed by atoms with Crippen LogP contribution in [-0.2, 0) is 4.74 Å². The summed E-state index contributed by atoms with van der Waals surface area (Å²) in [6, 6.07) is 0. The van der Waals surface area contributed by atoms with Crippen LogP contribution in [0.15, 0.2) is 61.1 Å². The van der Waals surface area contributed by atoms with Crippen molar-refractivity contribution in [3.05, 3.63) is 61.1 Å². The van der Waals surface area contributed by atoms with E-state index in [-0.39, 0.29) is 0 Å². The fourth-order valence-corrected chi connectivity index (χ4v) is 0.721. The molecule has 0 aliphatic carbocycles. The fourth-order valence-electron chi connectivity index (χ4n) is 0.721. The Balaban J connectivity index is 4.37. The molecule has 0 spiro atoms. The van der Waals surface area contributed by atoms with Gasteiger partial charge < -0.3 is 4.74 Å². The first-order chi connectivity index (χ1) is 6.24. The number of hydrogen-bond donors (Lipinski definition) is 0. The Hall–Kier alpha value is -1.50. The summed E-state index contributed by atoms with van der Waals surface area (Å²) in [5.41, 5.74) is 0. The average molecular weight is 176 g/mol. The van der Waals surface area contributed by atoms with E-state index >= 15 is 0 Å². The molecule has 70 valence electrons. The van der Waals surface area contributed by atoms with Gasteiger partial charge in [0.05, 0.1) is 0 Å². The minimum Gasteiger partial charge on any atom is -0.462 e. The molecule has 0 aromatic heterocycles. The van der Waals surface area contributed by atoms with Gasteiger partial charge in [0.2, 0.25) is 0 Å². The zero-order valence-corrected chi connectivity index (χ0v) is 8.29. The van der Waals surface area contributed by atoms with Gasteiger partial charge in [0.15, 0.2) is 0 Å². The van der Waals surface area contributed by atoms with Crippen molar-refractivity contribution in [1.82, 2.24) is 0 Å². The van der Waals surface area contributed by atoms with E-state index in [9.17, 15) is 0 Å². The normalized spacial score (nSPS) is 13.1. The van der Waals surface area contributed by atoms with E-state index in [2.05, 4.69) is 13.2 Å². The Labute approximate surface area is 80.4 Å². The first-order valence-electron chi connectivity index (χ1n) is 4.17. The molecule has 0 bridgehead atoms. The molecule has 0 atom stereocenters. The van der Waals surface area contributed by atoms with Crippen LogP contribution in [0.4, 0.5) is 0 Å². The highest BCUT2D eigenvalue weighted by atomic mass is 16.5. The van der Waals surface area contributed by atoms with E-state index in [1.807, 2.05) is 32.1 Å². The van der Waals surface area contributed by atoms with E-state index in [4.69, 9.17) is 4.74 Å². The molecule has 0 aromatic carbocycles. The second kappa shape index (κ2) is 7.17. The highest BCUT2D eigenvalue weighted by Gasteiger charge is 1.91. The van der Waals surface area contributed by atoms with Crippen LogP contribution in [0.25, 0.3) is 0 Å². The molecule has 13 heavy (non-hydrogen) atoms. The summed E-state index contributed by atoms with van der Waals surface area (Å²) in [5, 5.41) is 0. The van der Waals surface area contributed by atoms with E-state index in [0.29, 0.717) is 0 Å².